The van der Waals surface area contributed by atoms with E-state index in [1.165, 1.54) is 17.3 Å². The largest absolute Gasteiger partial charge is 0.401 e. The van der Waals surface area contributed by atoms with Gasteiger partial charge >= 0.3 is 6.18 Å². The van der Waals surface area contributed by atoms with Crippen molar-refractivity contribution in [2.24, 2.45) is 5.92 Å². The molecule has 0 amide bonds. The topological polar surface area (TPSA) is 67.1 Å². The average Bonchev–Trinajstić information content (AvgIpc) is 2.73. The van der Waals surface area contributed by atoms with Crippen molar-refractivity contribution in [3.8, 4) is 0 Å². The third-order valence-corrected chi connectivity index (χ3v) is 3.02. The highest BCUT2D eigenvalue weighted by atomic mass is 19.4. The van der Waals surface area contributed by atoms with Gasteiger partial charge in [0.05, 0.1) is 18.9 Å². The molecule has 0 aromatic carbocycles. The molecule has 8 heteroatoms. The van der Waals surface area contributed by atoms with E-state index in [2.05, 4.69) is 15.3 Å². The van der Waals surface area contributed by atoms with Crippen LogP contribution in [-0.2, 0) is 0 Å². The maximum absolute atomic E-state index is 12.2. The Balaban J connectivity index is 1.75. The first-order valence-corrected chi connectivity index (χ1v) is 6.03. The molecule has 5 nitrogen and oxygen atoms in total. The predicted octanol–water partition coefficient (Wildman–Crippen LogP) is 1.35. The SMILES string of the molecule is Nc1cnc(NCC2CCN(CC(F)(F)F)C2)cn1. The Kier molecular flexibility index (Phi) is 4.08. The van der Waals surface area contributed by atoms with Crippen molar-refractivity contribution in [1.29, 1.82) is 0 Å². The van der Waals surface area contributed by atoms with Crippen LogP contribution in [0.1, 0.15) is 6.42 Å². The van der Waals surface area contributed by atoms with Gasteiger partial charge in [0.15, 0.2) is 0 Å². The van der Waals surface area contributed by atoms with Crippen molar-refractivity contribution >= 4 is 11.6 Å². The number of rotatable bonds is 4. The van der Waals surface area contributed by atoms with E-state index in [-0.39, 0.29) is 5.92 Å². The summed E-state index contributed by atoms with van der Waals surface area (Å²) in [5.74, 6) is 1.12. The van der Waals surface area contributed by atoms with Crippen molar-refractivity contribution in [2.45, 2.75) is 12.6 Å². The van der Waals surface area contributed by atoms with Gasteiger partial charge < -0.3 is 11.1 Å². The van der Waals surface area contributed by atoms with E-state index in [1.54, 1.807) is 0 Å². The molecule has 1 saturated heterocycles. The summed E-state index contributed by atoms with van der Waals surface area (Å²) >= 11 is 0. The first-order valence-electron chi connectivity index (χ1n) is 6.03. The number of anilines is 2. The molecule has 0 bridgehead atoms. The number of hydrogen-bond donors (Lipinski definition) is 2. The van der Waals surface area contributed by atoms with Crippen molar-refractivity contribution in [3.05, 3.63) is 12.4 Å². The minimum Gasteiger partial charge on any atom is -0.382 e. The highest BCUT2D eigenvalue weighted by Crippen LogP contribution is 2.22. The second-order valence-corrected chi connectivity index (χ2v) is 4.71. The normalized spacial score (nSPS) is 20.7. The number of aromatic nitrogens is 2. The molecule has 2 rings (SSSR count). The van der Waals surface area contributed by atoms with Gasteiger partial charge in [-0.1, -0.05) is 0 Å². The minimum atomic E-state index is -4.12. The minimum absolute atomic E-state index is 0.196. The van der Waals surface area contributed by atoms with Crippen molar-refractivity contribution in [1.82, 2.24) is 14.9 Å². The monoisotopic (exact) mass is 275 g/mol. The van der Waals surface area contributed by atoms with Gasteiger partial charge in [0.1, 0.15) is 11.6 Å². The maximum atomic E-state index is 12.2. The van der Waals surface area contributed by atoms with Crippen LogP contribution >= 0.6 is 0 Å². The predicted molar refractivity (Wildman–Crippen MR) is 65.5 cm³/mol. The molecule has 1 aromatic rings. The van der Waals surface area contributed by atoms with E-state index < -0.39 is 12.7 Å². The number of nitrogens with one attached hydrogen (secondary N) is 1. The van der Waals surface area contributed by atoms with Crippen molar-refractivity contribution in [3.63, 3.8) is 0 Å². The Morgan fingerprint density at radius 2 is 2.16 bits per heavy atom. The lowest BCUT2D eigenvalue weighted by atomic mass is 10.1. The molecule has 0 spiro atoms. The second-order valence-electron chi connectivity index (χ2n) is 4.71. The summed E-state index contributed by atoms with van der Waals surface area (Å²) in [6, 6.07) is 0. The zero-order chi connectivity index (χ0) is 13.9. The molecule has 2 heterocycles. The molecular weight excluding hydrogens is 259 g/mol. The van der Waals surface area contributed by atoms with Crippen LogP contribution < -0.4 is 11.1 Å². The van der Waals surface area contributed by atoms with E-state index in [4.69, 9.17) is 5.73 Å². The average molecular weight is 275 g/mol. The molecular formula is C11H16F3N5. The van der Waals surface area contributed by atoms with Crippen LogP contribution in [0.15, 0.2) is 12.4 Å². The number of nitrogen functional groups attached to an aromatic ring is 1. The van der Waals surface area contributed by atoms with Crippen LogP contribution in [0.25, 0.3) is 0 Å². The standard InChI is InChI=1S/C11H16F3N5/c12-11(13,14)7-19-2-1-8(6-19)3-17-10-5-16-9(15)4-18-10/h4-5,8H,1-3,6-7H2,(H2,15,16)(H,17,18). The molecule has 1 unspecified atom stereocenters. The fourth-order valence-electron chi connectivity index (χ4n) is 2.15. The van der Waals surface area contributed by atoms with Crippen LogP contribution in [0.4, 0.5) is 24.8 Å². The van der Waals surface area contributed by atoms with Gasteiger partial charge in [0, 0.05) is 13.1 Å². The fourth-order valence-corrected chi connectivity index (χ4v) is 2.15. The zero-order valence-electron chi connectivity index (χ0n) is 10.3. The molecule has 0 radical (unpaired) electrons. The highest BCUT2D eigenvalue weighted by molar-refractivity contribution is 5.35. The van der Waals surface area contributed by atoms with Crippen molar-refractivity contribution in [2.75, 3.05) is 37.2 Å². The molecule has 1 atom stereocenters. The van der Waals surface area contributed by atoms with Gasteiger partial charge in [-0.15, -0.1) is 0 Å². The lowest BCUT2D eigenvalue weighted by Crippen LogP contribution is -2.33. The van der Waals surface area contributed by atoms with Crippen LogP contribution in [-0.4, -0.2) is 47.2 Å². The van der Waals surface area contributed by atoms with Gasteiger partial charge in [-0.3, -0.25) is 4.90 Å². The van der Waals surface area contributed by atoms with E-state index in [1.807, 2.05) is 0 Å². The van der Waals surface area contributed by atoms with Crippen LogP contribution in [0.2, 0.25) is 0 Å². The number of likely N-dealkylation sites (tertiary alicyclic amines) is 1. The van der Waals surface area contributed by atoms with Crippen LogP contribution in [0, 0.1) is 5.92 Å². The molecule has 1 aliphatic heterocycles. The maximum Gasteiger partial charge on any atom is 0.401 e. The summed E-state index contributed by atoms with van der Waals surface area (Å²) in [4.78, 5) is 9.34. The Bertz CT molecular complexity index is 406. The lowest BCUT2D eigenvalue weighted by Gasteiger charge is -2.18. The summed E-state index contributed by atoms with van der Waals surface area (Å²) < 4.78 is 36.7. The van der Waals surface area contributed by atoms with E-state index in [0.717, 1.165) is 6.42 Å². The zero-order valence-corrected chi connectivity index (χ0v) is 10.3. The number of nitrogens with two attached hydrogens (primary N) is 1. The number of alkyl halides is 3. The summed E-state index contributed by atoms with van der Waals surface area (Å²) in [6.07, 6.45) is -0.416. The number of hydrogen-bond acceptors (Lipinski definition) is 5. The van der Waals surface area contributed by atoms with Gasteiger partial charge in [-0.2, -0.15) is 13.2 Å². The Morgan fingerprint density at radius 1 is 1.37 bits per heavy atom. The third-order valence-electron chi connectivity index (χ3n) is 3.02. The molecule has 0 saturated carbocycles. The third kappa shape index (κ3) is 4.55. The van der Waals surface area contributed by atoms with E-state index in [9.17, 15) is 13.2 Å². The lowest BCUT2D eigenvalue weighted by molar-refractivity contribution is -0.143. The number of halogens is 3. The summed E-state index contributed by atoms with van der Waals surface area (Å²) in [6.45, 7) is 0.701. The molecule has 106 valence electrons. The number of nitrogens with zero attached hydrogens (tertiary/aromatic N) is 3. The van der Waals surface area contributed by atoms with Crippen LogP contribution in [0.3, 0.4) is 0 Å². The summed E-state index contributed by atoms with van der Waals surface area (Å²) in [5, 5.41) is 3.06. The molecule has 3 N–H and O–H groups in total. The smallest absolute Gasteiger partial charge is 0.382 e. The van der Waals surface area contributed by atoms with Gasteiger partial charge in [-0.05, 0) is 18.9 Å². The summed E-state index contributed by atoms with van der Waals surface area (Å²) in [5.41, 5.74) is 5.41. The summed E-state index contributed by atoms with van der Waals surface area (Å²) in [7, 11) is 0. The Labute approximate surface area is 109 Å². The first-order chi connectivity index (χ1) is 8.92. The van der Waals surface area contributed by atoms with E-state index >= 15 is 0 Å². The molecule has 0 aliphatic carbocycles. The van der Waals surface area contributed by atoms with Crippen LogP contribution in [0.5, 0.6) is 0 Å². The van der Waals surface area contributed by atoms with Gasteiger partial charge in [0.2, 0.25) is 0 Å². The van der Waals surface area contributed by atoms with Gasteiger partial charge in [0.25, 0.3) is 0 Å². The molecule has 19 heavy (non-hydrogen) atoms. The second kappa shape index (κ2) is 5.60. The highest BCUT2D eigenvalue weighted by Gasteiger charge is 2.34. The molecule has 1 aromatic heterocycles. The Hall–Kier alpha value is -1.57. The first kappa shape index (κ1) is 13.9. The van der Waals surface area contributed by atoms with Crippen molar-refractivity contribution < 1.29 is 13.2 Å². The molecule has 1 aliphatic rings. The quantitative estimate of drug-likeness (QED) is 0.868. The Morgan fingerprint density at radius 3 is 2.79 bits per heavy atom. The molecule has 1 fully saturated rings. The van der Waals surface area contributed by atoms with Gasteiger partial charge in [-0.25, -0.2) is 9.97 Å². The van der Waals surface area contributed by atoms with E-state index in [0.29, 0.717) is 31.3 Å². The fraction of sp³-hybridized carbons (Fsp3) is 0.636.